The normalized spacial score (nSPS) is 13.5. The zero-order valence-electron chi connectivity index (χ0n) is 40.2. The second-order valence-electron chi connectivity index (χ2n) is 18.5. The van der Waals surface area contributed by atoms with Gasteiger partial charge in [-0.1, -0.05) is 206 Å². The summed E-state index contributed by atoms with van der Waals surface area (Å²) in [6.45, 7) is 4.26. The first-order chi connectivity index (χ1) is 29.0. The Hall–Kier alpha value is -1.25. The second-order valence-corrected chi connectivity index (χ2v) is 20.0. The fraction of sp³-hybridized carbons (Fsp3) is 0.920. The molecule has 9 nitrogen and oxygen atoms in total. The zero-order chi connectivity index (χ0) is 44.3. The molecule has 10 heteroatoms. The summed E-state index contributed by atoms with van der Waals surface area (Å²) in [6.07, 6.45) is 46.7. The molecular formula is C50H98NO8P. The Balaban J connectivity index is 4.19. The first-order valence-electron chi connectivity index (χ1n) is 25.4. The monoisotopic (exact) mass is 872 g/mol. The highest BCUT2D eigenvalue weighted by atomic mass is 31.2. The van der Waals surface area contributed by atoms with Gasteiger partial charge in [-0.3, -0.25) is 14.2 Å². The lowest BCUT2D eigenvalue weighted by Gasteiger charge is -2.28. The number of hydrogen-bond acceptors (Lipinski definition) is 8. The number of phosphoric acid groups is 1. The van der Waals surface area contributed by atoms with Crippen LogP contribution in [0.2, 0.25) is 0 Å². The highest BCUT2D eigenvalue weighted by molar-refractivity contribution is 7.45. The van der Waals surface area contributed by atoms with Crippen LogP contribution in [-0.2, 0) is 32.7 Å². The van der Waals surface area contributed by atoms with E-state index in [1.807, 2.05) is 21.1 Å². The standard InChI is InChI=1S/C50H98NO8P/c1-6-8-10-12-14-16-18-20-22-23-24-25-26-27-29-30-32-34-36-38-40-42-49(52)56-46-48(47-58-60(54,55)57-45-44-51(3,4)5)59-50(53)43-41-39-37-35-33-31-28-21-19-17-15-13-11-9-7-2/h17,19,48H,6-16,18,20-47H2,1-5H3/b19-17+/t48-/m0/s1. The molecule has 0 aromatic carbocycles. The van der Waals surface area contributed by atoms with Crippen LogP contribution < -0.4 is 4.89 Å². The third-order valence-corrected chi connectivity index (χ3v) is 12.2. The topological polar surface area (TPSA) is 111 Å². The Morgan fingerprint density at radius 2 is 0.850 bits per heavy atom. The van der Waals surface area contributed by atoms with Crippen LogP contribution >= 0.6 is 7.82 Å². The third-order valence-electron chi connectivity index (χ3n) is 11.3. The molecular weight excluding hydrogens is 774 g/mol. The molecule has 0 radical (unpaired) electrons. The number of ether oxygens (including phenoxy) is 2. The number of carbonyl (C=O) groups is 2. The van der Waals surface area contributed by atoms with Crippen LogP contribution in [0.25, 0.3) is 0 Å². The van der Waals surface area contributed by atoms with Crippen molar-refractivity contribution in [1.29, 1.82) is 0 Å². The molecule has 0 aliphatic carbocycles. The summed E-state index contributed by atoms with van der Waals surface area (Å²) < 4.78 is 34.0. The number of esters is 2. The van der Waals surface area contributed by atoms with Gasteiger partial charge in [0.05, 0.1) is 27.7 Å². The number of unbranched alkanes of at least 4 members (excludes halogenated alkanes) is 31. The van der Waals surface area contributed by atoms with E-state index < -0.39 is 26.5 Å². The van der Waals surface area contributed by atoms with Crippen LogP contribution in [0.15, 0.2) is 12.2 Å². The Kier molecular flexibility index (Phi) is 42.1. The lowest BCUT2D eigenvalue weighted by Crippen LogP contribution is -2.37. The first kappa shape index (κ1) is 58.8. The maximum Gasteiger partial charge on any atom is 0.306 e. The molecule has 0 aliphatic heterocycles. The molecule has 0 aromatic heterocycles. The average molecular weight is 872 g/mol. The van der Waals surface area contributed by atoms with Crippen molar-refractivity contribution in [2.45, 2.75) is 251 Å². The quantitative estimate of drug-likeness (QED) is 0.0195. The van der Waals surface area contributed by atoms with E-state index in [4.69, 9.17) is 18.5 Å². The molecule has 0 saturated heterocycles. The zero-order valence-corrected chi connectivity index (χ0v) is 41.1. The number of phosphoric ester groups is 1. The van der Waals surface area contributed by atoms with Crippen molar-refractivity contribution in [3.05, 3.63) is 12.2 Å². The summed E-state index contributed by atoms with van der Waals surface area (Å²) in [4.78, 5) is 37.7. The van der Waals surface area contributed by atoms with Crippen LogP contribution in [0.5, 0.6) is 0 Å². The molecule has 0 spiro atoms. The number of rotatable bonds is 47. The Labute approximate surface area is 371 Å². The van der Waals surface area contributed by atoms with E-state index in [-0.39, 0.29) is 32.0 Å². The molecule has 1 unspecified atom stereocenters. The lowest BCUT2D eigenvalue weighted by atomic mass is 10.0. The van der Waals surface area contributed by atoms with Crippen LogP contribution in [0, 0.1) is 0 Å². The Morgan fingerprint density at radius 3 is 1.25 bits per heavy atom. The van der Waals surface area contributed by atoms with Gasteiger partial charge in [-0.2, -0.15) is 0 Å². The maximum absolute atomic E-state index is 12.7. The molecule has 0 saturated carbocycles. The fourth-order valence-electron chi connectivity index (χ4n) is 7.30. The first-order valence-corrected chi connectivity index (χ1v) is 26.9. The molecule has 0 N–H and O–H groups in total. The van der Waals surface area contributed by atoms with E-state index in [1.165, 1.54) is 167 Å². The minimum absolute atomic E-state index is 0.0283. The number of hydrogen-bond donors (Lipinski definition) is 0. The van der Waals surface area contributed by atoms with Gasteiger partial charge in [0.15, 0.2) is 6.10 Å². The molecule has 0 amide bonds. The van der Waals surface area contributed by atoms with Crippen molar-refractivity contribution in [3.63, 3.8) is 0 Å². The molecule has 0 bridgehead atoms. The maximum atomic E-state index is 12.7. The molecule has 60 heavy (non-hydrogen) atoms. The largest absolute Gasteiger partial charge is 0.756 e. The summed E-state index contributed by atoms with van der Waals surface area (Å²) >= 11 is 0. The van der Waals surface area contributed by atoms with Crippen molar-refractivity contribution in [1.82, 2.24) is 0 Å². The van der Waals surface area contributed by atoms with E-state index >= 15 is 0 Å². The SMILES string of the molecule is CCCCCC/C=C/CCCCCCCCCC(=O)O[C@@H](COC(=O)CCCCCCCCCCCCCCCCCCCCCCC)COP(=O)([O-])OCC[N+](C)(C)C. The van der Waals surface area contributed by atoms with Gasteiger partial charge in [0.2, 0.25) is 0 Å². The number of nitrogens with zero attached hydrogens (tertiary/aromatic N) is 1. The third kappa shape index (κ3) is 46.3. The second kappa shape index (κ2) is 43.0. The Morgan fingerprint density at radius 1 is 0.500 bits per heavy atom. The number of quaternary nitrogens is 1. The van der Waals surface area contributed by atoms with E-state index in [9.17, 15) is 19.0 Å². The van der Waals surface area contributed by atoms with Crippen molar-refractivity contribution in [3.8, 4) is 0 Å². The van der Waals surface area contributed by atoms with Crippen molar-refractivity contribution >= 4 is 19.8 Å². The van der Waals surface area contributed by atoms with Gasteiger partial charge < -0.3 is 27.9 Å². The number of allylic oxidation sites excluding steroid dienone is 2. The molecule has 0 heterocycles. The molecule has 356 valence electrons. The summed E-state index contributed by atoms with van der Waals surface area (Å²) in [7, 11) is 1.18. The van der Waals surface area contributed by atoms with Gasteiger partial charge in [-0.15, -0.1) is 0 Å². The van der Waals surface area contributed by atoms with E-state index in [1.54, 1.807) is 0 Å². The minimum Gasteiger partial charge on any atom is -0.756 e. The summed E-state index contributed by atoms with van der Waals surface area (Å²) in [5, 5.41) is 0. The van der Waals surface area contributed by atoms with Crippen LogP contribution in [-0.4, -0.2) is 70.0 Å². The van der Waals surface area contributed by atoms with Crippen LogP contribution in [0.3, 0.4) is 0 Å². The highest BCUT2D eigenvalue weighted by Crippen LogP contribution is 2.38. The highest BCUT2D eigenvalue weighted by Gasteiger charge is 2.21. The summed E-state index contributed by atoms with van der Waals surface area (Å²) in [5.74, 6) is -0.825. The van der Waals surface area contributed by atoms with Gasteiger partial charge >= 0.3 is 11.9 Å². The fourth-order valence-corrected chi connectivity index (χ4v) is 8.03. The van der Waals surface area contributed by atoms with Gasteiger partial charge in [-0.05, 0) is 38.5 Å². The predicted octanol–water partition coefficient (Wildman–Crippen LogP) is 14.3. The van der Waals surface area contributed by atoms with Gasteiger partial charge in [0, 0.05) is 12.8 Å². The predicted molar refractivity (Wildman–Crippen MR) is 250 cm³/mol. The molecule has 0 rings (SSSR count). The molecule has 2 atom stereocenters. The lowest BCUT2D eigenvalue weighted by molar-refractivity contribution is -0.870. The molecule has 0 fully saturated rings. The van der Waals surface area contributed by atoms with Crippen LogP contribution in [0.1, 0.15) is 245 Å². The van der Waals surface area contributed by atoms with Crippen molar-refractivity contribution in [2.24, 2.45) is 0 Å². The van der Waals surface area contributed by atoms with Crippen molar-refractivity contribution in [2.75, 3.05) is 47.5 Å². The van der Waals surface area contributed by atoms with Crippen molar-refractivity contribution < 1.29 is 42.1 Å². The van der Waals surface area contributed by atoms with Crippen LogP contribution in [0.4, 0.5) is 0 Å². The molecule has 0 aromatic rings. The summed E-state index contributed by atoms with van der Waals surface area (Å²) in [5.41, 5.74) is 0. The number of carbonyl (C=O) groups excluding carboxylic acids is 2. The minimum atomic E-state index is -4.62. The Bertz CT molecular complexity index is 1030. The average Bonchev–Trinajstić information content (AvgIpc) is 3.20. The van der Waals surface area contributed by atoms with E-state index in [2.05, 4.69) is 26.0 Å². The summed E-state index contributed by atoms with van der Waals surface area (Å²) in [6, 6.07) is 0. The van der Waals surface area contributed by atoms with Gasteiger partial charge in [0.25, 0.3) is 7.82 Å². The smallest absolute Gasteiger partial charge is 0.306 e. The number of likely N-dealkylation sites (N-methyl/N-ethyl adjacent to an activating group) is 1. The molecule has 0 aliphatic rings. The van der Waals surface area contributed by atoms with E-state index in [0.717, 1.165) is 44.9 Å². The van der Waals surface area contributed by atoms with E-state index in [0.29, 0.717) is 17.4 Å². The van der Waals surface area contributed by atoms with Gasteiger partial charge in [0.1, 0.15) is 19.8 Å². The van der Waals surface area contributed by atoms with Gasteiger partial charge in [-0.25, -0.2) is 0 Å².